The van der Waals surface area contributed by atoms with Crippen molar-refractivity contribution in [2.24, 2.45) is 0 Å². The molecule has 23 heavy (non-hydrogen) atoms. The third kappa shape index (κ3) is 4.53. The Bertz CT molecular complexity index is 631. The molecule has 1 saturated heterocycles. The number of pyridine rings is 1. The van der Waals surface area contributed by atoms with E-state index in [1.54, 1.807) is 19.5 Å². The van der Waals surface area contributed by atoms with Crippen molar-refractivity contribution in [1.29, 1.82) is 0 Å². The third-order valence-corrected chi connectivity index (χ3v) is 3.63. The van der Waals surface area contributed by atoms with E-state index in [4.69, 9.17) is 9.47 Å². The van der Waals surface area contributed by atoms with E-state index in [0.29, 0.717) is 24.4 Å². The lowest BCUT2D eigenvalue weighted by Crippen LogP contribution is -2.30. The number of nitrogens with one attached hydrogen (secondary N) is 2. The lowest BCUT2D eigenvalue weighted by Gasteiger charge is -2.23. The van der Waals surface area contributed by atoms with Crippen LogP contribution in [0.15, 0.2) is 30.6 Å². The fourth-order valence-electron chi connectivity index (χ4n) is 2.44. The molecule has 7 heteroatoms. The summed E-state index contributed by atoms with van der Waals surface area (Å²) in [6.07, 6.45) is 5.65. The second-order valence-corrected chi connectivity index (χ2v) is 5.38. The van der Waals surface area contributed by atoms with E-state index in [2.05, 4.69) is 25.6 Å². The Balaban J connectivity index is 1.58. The first-order valence-electron chi connectivity index (χ1n) is 7.73. The van der Waals surface area contributed by atoms with Gasteiger partial charge in [-0.25, -0.2) is 9.97 Å². The van der Waals surface area contributed by atoms with Crippen molar-refractivity contribution in [2.75, 3.05) is 31.0 Å². The average Bonchev–Trinajstić information content (AvgIpc) is 2.61. The van der Waals surface area contributed by atoms with Crippen LogP contribution >= 0.6 is 0 Å². The first-order valence-corrected chi connectivity index (χ1v) is 7.73. The predicted molar refractivity (Wildman–Crippen MR) is 87.6 cm³/mol. The smallest absolute Gasteiger partial charge is 0.224 e. The molecule has 0 spiro atoms. The summed E-state index contributed by atoms with van der Waals surface area (Å²) in [6.45, 7) is 2.18. The fourth-order valence-corrected chi connectivity index (χ4v) is 2.44. The van der Waals surface area contributed by atoms with Gasteiger partial charge in [-0.1, -0.05) is 0 Å². The second-order valence-electron chi connectivity index (χ2n) is 5.38. The van der Waals surface area contributed by atoms with Crippen LogP contribution in [-0.2, 0) is 11.3 Å². The summed E-state index contributed by atoms with van der Waals surface area (Å²) >= 11 is 0. The van der Waals surface area contributed by atoms with Gasteiger partial charge in [0.15, 0.2) is 0 Å². The van der Waals surface area contributed by atoms with Crippen LogP contribution in [0.4, 0.5) is 11.8 Å². The van der Waals surface area contributed by atoms with Crippen LogP contribution in [0.1, 0.15) is 18.4 Å². The summed E-state index contributed by atoms with van der Waals surface area (Å²) in [5.74, 6) is 1.99. The molecule has 1 fully saturated rings. The number of nitrogens with zero attached hydrogens (tertiary/aromatic N) is 3. The van der Waals surface area contributed by atoms with Gasteiger partial charge in [0.05, 0.1) is 19.8 Å². The van der Waals surface area contributed by atoms with Gasteiger partial charge in [-0.2, -0.15) is 4.98 Å². The molecule has 3 rings (SSSR count). The zero-order chi connectivity index (χ0) is 15.9. The zero-order valence-corrected chi connectivity index (χ0v) is 13.2. The molecule has 0 saturated carbocycles. The number of methoxy groups -OCH3 is 1. The van der Waals surface area contributed by atoms with Gasteiger partial charge in [-0.05, 0) is 30.5 Å². The Morgan fingerprint density at radius 2 is 2.22 bits per heavy atom. The molecule has 0 aromatic carbocycles. The van der Waals surface area contributed by atoms with E-state index in [1.165, 1.54) is 0 Å². The first kappa shape index (κ1) is 15.5. The van der Waals surface area contributed by atoms with Crippen LogP contribution in [0.3, 0.4) is 0 Å². The van der Waals surface area contributed by atoms with Crippen LogP contribution in [-0.4, -0.2) is 41.3 Å². The van der Waals surface area contributed by atoms with Crippen LogP contribution in [0.5, 0.6) is 5.88 Å². The van der Waals surface area contributed by atoms with Gasteiger partial charge in [-0.3, -0.25) is 0 Å². The van der Waals surface area contributed by atoms with Crippen molar-refractivity contribution in [2.45, 2.75) is 25.4 Å². The van der Waals surface area contributed by atoms with Gasteiger partial charge in [0.1, 0.15) is 5.82 Å². The molecule has 2 N–H and O–H groups in total. The minimum absolute atomic E-state index is 0.316. The van der Waals surface area contributed by atoms with Gasteiger partial charge in [0, 0.05) is 31.6 Å². The molecule has 2 aromatic rings. The summed E-state index contributed by atoms with van der Waals surface area (Å²) in [4.78, 5) is 12.8. The lowest BCUT2D eigenvalue weighted by molar-refractivity contribution is 0.0875. The molecular weight excluding hydrogens is 294 g/mol. The summed E-state index contributed by atoms with van der Waals surface area (Å²) in [7, 11) is 1.60. The van der Waals surface area contributed by atoms with Crippen molar-refractivity contribution in [3.63, 3.8) is 0 Å². The van der Waals surface area contributed by atoms with Crippen molar-refractivity contribution < 1.29 is 9.47 Å². The quantitative estimate of drug-likeness (QED) is 0.844. The van der Waals surface area contributed by atoms with Crippen molar-refractivity contribution in [3.8, 4) is 5.88 Å². The maximum atomic E-state index is 5.47. The maximum absolute atomic E-state index is 5.47. The molecule has 7 nitrogen and oxygen atoms in total. The van der Waals surface area contributed by atoms with E-state index in [-0.39, 0.29) is 0 Å². The number of anilines is 2. The minimum Gasteiger partial charge on any atom is -0.481 e. The standard InChI is InChI=1S/C16H21N5O2/c1-22-15-9-12(4-6-17-15)10-19-16-18-7-5-14(21-16)20-13-3-2-8-23-11-13/h4-7,9,13H,2-3,8,10-11H2,1H3,(H2,18,19,20,21). The molecule has 1 unspecified atom stereocenters. The molecule has 0 radical (unpaired) electrons. The molecule has 3 heterocycles. The highest BCUT2D eigenvalue weighted by Gasteiger charge is 2.14. The van der Waals surface area contributed by atoms with Gasteiger partial charge < -0.3 is 20.1 Å². The normalized spacial score (nSPS) is 17.5. The molecule has 0 bridgehead atoms. The average molecular weight is 315 g/mol. The van der Waals surface area contributed by atoms with Crippen LogP contribution in [0.2, 0.25) is 0 Å². The molecule has 122 valence electrons. The summed E-state index contributed by atoms with van der Waals surface area (Å²) in [6, 6.07) is 6.00. The highest BCUT2D eigenvalue weighted by Crippen LogP contribution is 2.14. The Morgan fingerprint density at radius 1 is 1.30 bits per heavy atom. The summed E-state index contributed by atoms with van der Waals surface area (Å²) < 4.78 is 10.6. The van der Waals surface area contributed by atoms with Crippen molar-refractivity contribution in [3.05, 3.63) is 36.2 Å². The highest BCUT2D eigenvalue weighted by molar-refractivity contribution is 5.41. The molecule has 1 atom stereocenters. The van der Waals surface area contributed by atoms with Crippen molar-refractivity contribution >= 4 is 11.8 Å². The maximum Gasteiger partial charge on any atom is 0.224 e. The lowest BCUT2D eigenvalue weighted by atomic mass is 10.1. The fraction of sp³-hybridized carbons (Fsp3) is 0.438. The summed E-state index contributed by atoms with van der Waals surface area (Å²) in [5.41, 5.74) is 1.06. The molecule has 0 amide bonds. The van der Waals surface area contributed by atoms with E-state index in [9.17, 15) is 0 Å². The predicted octanol–water partition coefficient (Wildman–Crippen LogP) is 2.08. The summed E-state index contributed by atoms with van der Waals surface area (Å²) in [5, 5.41) is 6.60. The zero-order valence-electron chi connectivity index (χ0n) is 13.2. The van der Waals surface area contributed by atoms with Gasteiger partial charge >= 0.3 is 0 Å². The topological polar surface area (TPSA) is 81.2 Å². The van der Waals surface area contributed by atoms with E-state index < -0.39 is 0 Å². The first-order chi connectivity index (χ1) is 11.3. The Kier molecular flexibility index (Phi) is 5.21. The van der Waals surface area contributed by atoms with Gasteiger partial charge in [0.25, 0.3) is 0 Å². The van der Waals surface area contributed by atoms with E-state index in [0.717, 1.165) is 37.4 Å². The number of hydrogen-bond acceptors (Lipinski definition) is 7. The van der Waals surface area contributed by atoms with Crippen LogP contribution in [0.25, 0.3) is 0 Å². The highest BCUT2D eigenvalue weighted by atomic mass is 16.5. The number of rotatable bonds is 6. The third-order valence-electron chi connectivity index (χ3n) is 3.63. The molecule has 1 aliphatic heterocycles. The van der Waals surface area contributed by atoms with Crippen LogP contribution < -0.4 is 15.4 Å². The van der Waals surface area contributed by atoms with Gasteiger partial charge in [0.2, 0.25) is 11.8 Å². The molecule has 1 aliphatic rings. The number of hydrogen-bond donors (Lipinski definition) is 2. The molecule has 0 aliphatic carbocycles. The number of aromatic nitrogens is 3. The second kappa shape index (κ2) is 7.73. The largest absolute Gasteiger partial charge is 0.481 e. The SMILES string of the molecule is COc1cc(CNc2nccc(NC3CCCOC3)n2)ccn1. The van der Waals surface area contributed by atoms with E-state index in [1.807, 2.05) is 18.2 Å². The van der Waals surface area contributed by atoms with Crippen molar-refractivity contribution in [1.82, 2.24) is 15.0 Å². The van der Waals surface area contributed by atoms with E-state index >= 15 is 0 Å². The Morgan fingerprint density at radius 3 is 3.04 bits per heavy atom. The Hall–Kier alpha value is -2.41. The number of ether oxygens (including phenoxy) is 2. The minimum atomic E-state index is 0.316. The van der Waals surface area contributed by atoms with Gasteiger partial charge in [-0.15, -0.1) is 0 Å². The van der Waals surface area contributed by atoms with Crippen LogP contribution in [0, 0.1) is 0 Å². The molecule has 2 aromatic heterocycles. The Labute approximate surface area is 135 Å². The molecular formula is C16H21N5O2. The monoisotopic (exact) mass is 315 g/mol.